The third-order valence-electron chi connectivity index (χ3n) is 3.66. The first-order valence-corrected chi connectivity index (χ1v) is 6.98. The number of para-hydroxylation sites is 1. The molecule has 0 saturated carbocycles. The van der Waals surface area contributed by atoms with Crippen LogP contribution in [0.15, 0.2) is 54.6 Å². The van der Waals surface area contributed by atoms with Crippen LogP contribution in [0.5, 0.6) is 0 Å². The molecule has 1 heterocycles. The lowest BCUT2D eigenvalue weighted by Crippen LogP contribution is -2.18. The van der Waals surface area contributed by atoms with Crippen molar-refractivity contribution in [3.63, 3.8) is 0 Å². The molecule has 2 nitrogen and oxygen atoms in total. The van der Waals surface area contributed by atoms with Gasteiger partial charge in [0.1, 0.15) is 5.82 Å². The first-order valence-electron chi connectivity index (χ1n) is 6.98. The maximum Gasteiger partial charge on any atom is 0.123 e. The number of hydrogen-bond acceptors (Lipinski definition) is 2. The van der Waals surface area contributed by atoms with Crippen molar-refractivity contribution in [2.45, 2.75) is 13.0 Å². The SMILES string of the molecule is CNC(c1cccc(F)c1)c1cc(C)nc2ccccc12. The van der Waals surface area contributed by atoms with E-state index in [-0.39, 0.29) is 11.9 Å². The van der Waals surface area contributed by atoms with Gasteiger partial charge in [0.05, 0.1) is 11.6 Å². The Hall–Kier alpha value is -2.26. The largest absolute Gasteiger partial charge is 0.309 e. The van der Waals surface area contributed by atoms with Crippen molar-refractivity contribution in [3.05, 3.63) is 77.2 Å². The van der Waals surface area contributed by atoms with Crippen LogP contribution in [-0.2, 0) is 0 Å². The fourth-order valence-corrected chi connectivity index (χ4v) is 2.77. The van der Waals surface area contributed by atoms with Crippen LogP contribution in [0, 0.1) is 12.7 Å². The maximum absolute atomic E-state index is 13.5. The minimum atomic E-state index is -0.220. The molecule has 0 amide bonds. The second-order valence-corrected chi connectivity index (χ2v) is 5.15. The highest BCUT2D eigenvalue weighted by Crippen LogP contribution is 2.29. The van der Waals surface area contributed by atoms with Crippen LogP contribution < -0.4 is 5.32 Å². The van der Waals surface area contributed by atoms with Gasteiger partial charge in [0.15, 0.2) is 0 Å². The summed E-state index contributed by atoms with van der Waals surface area (Å²) in [5.41, 5.74) is 3.95. The average molecular weight is 280 g/mol. The van der Waals surface area contributed by atoms with Crippen molar-refractivity contribution in [2.75, 3.05) is 7.05 Å². The summed E-state index contributed by atoms with van der Waals surface area (Å²) >= 11 is 0. The van der Waals surface area contributed by atoms with E-state index in [1.54, 1.807) is 12.1 Å². The topological polar surface area (TPSA) is 24.9 Å². The molecule has 3 heteroatoms. The number of benzene rings is 2. The first-order chi connectivity index (χ1) is 10.2. The highest BCUT2D eigenvalue weighted by Gasteiger charge is 2.16. The summed E-state index contributed by atoms with van der Waals surface area (Å²) in [7, 11) is 1.89. The number of aryl methyl sites for hydroxylation is 1. The Morgan fingerprint density at radius 2 is 1.86 bits per heavy atom. The van der Waals surface area contributed by atoms with Gasteiger partial charge in [-0.25, -0.2) is 4.39 Å². The van der Waals surface area contributed by atoms with Crippen LogP contribution in [0.2, 0.25) is 0 Å². The van der Waals surface area contributed by atoms with E-state index in [0.717, 1.165) is 27.7 Å². The zero-order valence-electron chi connectivity index (χ0n) is 12.1. The second kappa shape index (κ2) is 5.62. The minimum absolute atomic E-state index is 0.0627. The molecule has 1 atom stereocenters. The van der Waals surface area contributed by atoms with E-state index in [2.05, 4.69) is 22.4 Å². The monoisotopic (exact) mass is 280 g/mol. The lowest BCUT2D eigenvalue weighted by molar-refractivity contribution is 0.617. The van der Waals surface area contributed by atoms with E-state index in [1.807, 2.05) is 38.2 Å². The molecule has 21 heavy (non-hydrogen) atoms. The van der Waals surface area contributed by atoms with Crippen LogP contribution >= 0.6 is 0 Å². The Labute approximate surface area is 123 Å². The number of rotatable bonds is 3. The number of aromatic nitrogens is 1. The normalized spacial score (nSPS) is 12.5. The summed E-state index contributed by atoms with van der Waals surface area (Å²) in [6, 6.07) is 16.8. The van der Waals surface area contributed by atoms with Gasteiger partial charge in [-0.15, -0.1) is 0 Å². The van der Waals surface area contributed by atoms with E-state index in [0.29, 0.717) is 0 Å². The lowest BCUT2D eigenvalue weighted by Gasteiger charge is -2.20. The van der Waals surface area contributed by atoms with E-state index in [9.17, 15) is 4.39 Å². The summed E-state index contributed by atoms with van der Waals surface area (Å²) in [5, 5.41) is 4.38. The van der Waals surface area contributed by atoms with Crippen LogP contribution in [0.3, 0.4) is 0 Å². The molecular weight excluding hydrogens is 263 g/mol. The molecule has 0 saturated heterocycles. The van der Waals surface area contributed by atoms with Gasteiger partial charge in [-0.3, -0.25) is 4.98 Å². The third-order valence-corrected chi connectivity index (χ3v) is 3.66. The molecule has 0 radical (unpaired) electrons. The molecule has 1 aromatic heterocycles. The Kier molecular flexibility index (Phi) is 3.67. The molecule has 1 N–H and O–H groups in total. The molecule has 0 aliphatic carbocycles. The van der Waals surface area contributed by atoms with Crippen molar-refractivity contribution in [1.29, 1.82) is 0 Å². The number of pyridine rings is 1. The second-order valence-electron chi connectivity index (χ2n) is 5.15. The predicted octanol–water partition coefficient (Wildman–Crippen LogP) is 3.99. The summed E-state index contributed by atoms with van der Waals surface area (Å²) in [6.07, 6.45) is 0. The zero-order valence-corrected chi connectivity index (χ0v) is 12.1. The predicted molar refractivity (Wildman–Crippen MR) is 83.8 cm³/mol. The fraction of sp³-hybridized carbons (Fsp3) is 0.167. The van der Waals surface area contributed by atoms with E-state index >= 15 is 0 Å². The standard InChI is InChI=1S/C18H17FN2/c1-12-10-16(15-8-3-4-9-17(15)21-12)18(20-2)13-6-5-7-14(19)11-13/h3-11,18,20H,1-2H3. The lowest BCUT2D eigenvalue weighted by atomic mass is 9.95. The van der Waals surface area contributed by atoms with Crippen molar-refractivity contribution in [1.82, 2.24) is 10.3 Å². The number of fused-ring (bicyclic) bond motifs is 1. The van der Waals surface area contributed by atoms with Gasteiger partial charge in [-0.1, -0.05) is 30.3 Å². The van der Waals surface area contributed by atoms with Crippen molar-refractivity contribution in [2.24, 2.45) is 0 Å². The Morgan fingerprint density at radius 1 is 1.05 bits per heavy atom. The molecule has 0 fully saturated rings. The molecule has 1 unspecified atom stereocenters. The van der Waals surface area contributed by atoms with Gasteiger partial charge in [0.25, 0.3) is 0 Å². The molecule has 0 aliphatic heterocycles. The van der Waals surface area contributed by atoms with E-state index in [1.165, 1.54) is 6.07 Å². The molecule has 0 bridgehead atoms. The minimum Gasteiger partial charge on any atom is -0.309 e. The number of nitrogens with one attached hydrogen (secondary N) is 1. The van der Waals surface area contributed by atoms with Crippen molar-refractivity contribution < 1.29 is 4.39 Å². The molecule has 3 aromatic rings. The van der Waals surface area contributed by atoms with Crippen LogP contribution in [0.25, 0.3) is 10.9 Å². The number of hydrogen-bond donors (Lipinski definition) is 1. The smallest absolute Gasteiger partial charge is 0.123 e. The van der Waals surface area contributed by atoms with Gasteiger partial charge in [0.2, 0.25) is 0 Å². The molecule has 0 aliphatic rings. The number of halogens is 1. The van der Waals surface area contributed by atoms with E-state index < -0.39 is 0 Å². The Morgan fingerprint density at radius 3 is 2.62 bits per heavy atom. The van der Waals surface area contributed by atoms with Gasteiger partial charge in [-0.2, -0.15) is 0 Å². The molecule has 3 rings (SSSR count). The van der Waals surface area contributed by atoms with Gasteiger partial charge in [-0.05, 0) is 49.4 Å². The van der Waals surface area contributed by atoms with Gasteiger partial charge >= 0.3 is 0 Å². The zero-order chi connectivity index (χ0) is 14.8. The summed E-state index contributed by atoms with van der Waals surface area (Å²) in [4.78, 5) is 4.56. The highest BCUT2D eigenvalue weighted by atomic mass is 19.1. The third kappa shape index (κ3) is 2.65. The summed E-state index contributed by atoms with van der Waals surface area (Å²) in [5.74, 6) is -0.220. The van der Waals surface area contributed by atoms with Crippen LogP contribution in [0.4, 0.5) is 4.39 Å². The highest BCUT2D eigenvalue weighted by molar-refractivity contribution is 5.83. The van der Waals surface area contributed by atoms with Gasteiger partial charge in [0, 0.05) is 11.1 Å². The quantitative estimate of drug-likeness (QED) is 0.784. The molecule has 2 aromatic carbocycles. The van der Waals surface area contributed by atoms with Crippen LogP contribution in [0.1, 0.15) is 22.9 Å². The van der Waals surface area contributed by atoms with Crippen molar-refractivity contribution >= 4 is 10.9 Å². The van der Waals surface area contributed by atoms with Crippen LogP contribution in [-0.4, -0.2) is 12.0 Å². The van der Waals surface area contributed by atoms with E-state index in [4.69, 9.17) is 0 Å². The van der Waals surface area contributed by atoms with Crippen molar-refractivity contribution in [3.8, 4) is 0 Å². The first kappa shape index (κ1) is 13.7. The Bertz CT molecular complexity index is 783. The fourth-order valence-electron chi connectivity index (χ4n) is 2.77. The molecular formula is C18H17FN2. The average Bonchev–Trinajstić information content (AvgIpc) is 2.48. The molecule has 106 valence electrons. The maximum atomic E-state index is 13.5. The molecule has 0 spiro atoms. The summed E-state index contributed by atoms with van der Waals surface area (Å²) < 4.78 is 13.5. The number of nitrogens with zero attached hydrogens (tertiary/aromatic N) is 1. The van der Waals surface area contributed by atoms with Gasteiger partial charge < -0.3 is 5.32 Å². The Balaban J connectivity index is 2.21. The summed E-state index contributed by atoms with van der Waals surface area (Å²) in [6.45, 7) is 1.98.